The molecular formula is C23H26N2O5. The number of aromatic nitrogens is 2. The van der Waals surface area contributed by atoms with Gasteiger partial charge in [-0.3, -0.25) is 4.68 Å². The lowest BCUT2D eigenvalue weighted by Crippen LogP contribution is -2.31. The molecule has 1 aliphatic rings. The molecule has 158 valence electrons. The fourth-order valence-electron chi connectivity index (χ4n) is 4.06. The molecule has 30 heavy (non-hydrogen) atoms. The Labute approximate surface area is 174 Å². The van der Waals surface area contributed by atoms with Crippen molar-refractivity contribution in [3.8, 4) is 5.75 Å². The second kappa shape index (κ2) is 8.45. The van der Waals surface area contributed by atoms with Gasteiger partial charge >= 0.3 is 5.97 Å². The molecule has 1 fully saturated rings. The van der Waals surface area contributed by atoms with E-state index in [0.29, 0.717) is 11.1 Å². The Morgan fingerprint density at radius 1 is 1.27 bits per heavy atom. The normalized spacial score (nSPS) is 16.7. The fourth-order valence-corrected chi connectivity index (χ4v) is 4.06. The Kier molecular flexibility index (Phi) is 5.74. The fraction of sp³-hybridized carbons (Fsp3) is 0.391. The number of ether oxygens (including phenoxy) is 1. The molecule has 7 nitrogen and oxygen atoms in total. The number of rotatable bonds is 7. The number of hydrogen-bond donors (Lipinski definition) is 3. The number of aromatic hydroxyl groups is 1. The molecule has 1 saturated carbocycles. The Bertz CT molecular complexity index is 1050. The maximum atomic E-state index is 11.5. The minimum absolute atomic E-state index is 0.0725. The minimum Gasteiger partial charge on any atom is -0.508 e. The van der Waals surface area contributed by atoms with Crippen LogP contribution in [0.25, 0.3) is 10.9 Å². The number of benzene rings is 2. The first-order valence-corrected chi connectivity index (χ1v) is 10.2. The van der Waals surface area contributed by atoms with Gasteiger partial charge in [-0.25, -0.2) is 4.79 Å². The summed E-state index contributed by atoms with van der Waals surface area (Å²) >= 11 is 0. The van der Waals surface area contributed by atoms with Crippen molar-refractivity contribution in [1.82, 2.24) is 9.78 Å². The SMILES string of the molecule is Cc1ccc([C@@H](O)[C@H](Cn2cc3cccc(C(=O)O)c3n2)OC2CCCC2)cc1O. The molecule has 0 saturated heterocycles. The van der Waals surface area contributed by atoms with Gasteiger partial charge in [0.2, 0.25) is 0 Å². The van der Waals surface area contributed by atoms with Crippen molar-refractivity contribution in [2.45, 2.75) is 57.5 Å². The quantitative estimate of drug-likeness (QED) is 0.547. The lowest BCUT2D eigenvalue weighted by Gasteiger charge is -2.27. The zero-order valence-corrected chi connectivity index (χ0v) is 16.9. The van der Waals surface area contributed by atoms with Crippen molar-refractivity contribution >= 4 is 16.9 Å². The largest absolute Gasteiger partial charge is 0.508 e. The average Bonchev–Trinajstić information content (AvgIpc) is 3.37. The number of fused-ring (bicyclic) bond motifs is 1. The molecule has 1 heterocycles. The number of carboxylic acids is 1. The first-order chi connectivity index (χ1) is 14.4. The van der Waals surface area contributed by atoms with E-state index < -0.39 is 18.2 Å². The summed E-state index contributed by atoms with van der Waals surface area (Å²) in [7, 11) is 0. The Hall–Kier alpha value is -2.90. The van der Waals surface area contributed by atoms with Crippen LogP contribution in [0.5, 0.6) is 5.75 Å². The third kappa shape index (κ3) is 4.17. The van der Waals surface area contributed by atoms with Crippen molar-refractivity contribution in [2.24, 2.45) is 0 Å². The number of aliphatic hydroxyl groups excluding tert-OH is 1. The Morgan fingerprint density at radius 3 is 2.73 bits per heavy atom. The van der Waals surface area contributed by atoms with E-state index in [4.69, 9.17) is 4.74 Å². The first kappa shape index (κ1) is 20.4. The molecule has 2 aromatic carbocycles. The van der Waals surface area contributed by atoms with Gasteiger partial charge in [0, 0.05) is 11.6 Å². The summed E-state index contributed by atoms with van der Waals surface area (Å²) in [6, 6.07) is 10.1. The number of carbonyl (C=O) groups is 1. The summed E-state index contributed by atoms with van der Waals surface area (Å²) in [6.45, 7) is 2.06. The minimum atomic E-state index is -1.03. The number of aromatic carboxylic acids is 1. The molecule has 3 aromatic rings. The van der Waals surface area contributed by atoms with Crippen LogP contribution in [-0.4, -0.2) is 43.3 Å². The summed E-state index contributed by atoms with van der Waals surface area (Å²) < 4.78 is 7.90. The first-order valence-electron chi connectivity index (χ1n) is 10.2. The number of phenolic OH excluding ortho intramolecular Hbond substituents is 1. The van der Waals surface area contributed by atoms with Crippen LogP contribution in [0, 0.1) is 6.92 Å². The molecule has 0 aliphatic heterocycles. The summed E-state index contributed by atoms with van der Waals surface area (Å²) in [4.78, 5) is 11.5. The highest BCUT2D eigenvalue weighted by Crippen LogP contribution is 2.30. The second-order valence-corrected chi connectivity index (χ2v) is 7.97. The highest BCUT2D eigenvalue weighted by molar-refractivity contribution is 6.01. The van der Waals surface area contributed by atoms with E-state index >= 15 is 0 Å². The molecule has 1 aliphatic carbocycles. The number of nitrogens with zero attached hydrogens (tertiary/aromatic N) is 2. The number of aliphatic hydroxyl groups is 1. The molecule has 0 bridgehead atoms. The van der Waals surface area contributed by atoms with Crippen molar-refractivity contribution in [3.63, 3.8) is 0 Å². The van der Waals surface area contributed by atoms with E-state index in [9.17, 15) is 20.1 Å². The second-order valence-electron chi connectivity index (χ2n) is 7.97. The van der Waals surface area contributed by atoms with Gasteiger partial charge in [0.15, 0.2) is 0 Å². The van der Waals surface area contributed by atoms with Crippen LogP contribution in [0.15, 0.2) is 42.6 Å². The number of phenols is 1. The van der Waals surface area contributed by atoms with Gasteiger partial charge in [-0.2, -0.15) is 5.10 Å². The Balaban J connectivity index is 1.64. The molecule has 0 unspecified atom stereocenters. The van der Waals surface area contributed by atoms with Crippen molar-refractivity contribution in [1.29, 1.82) is 0 Å². The van der Waals surface area contributed by atoms with Crippen molar-refractivity contribution in [2.75, 3.05) is 0 Å². The van der Waals surface area contributed by atoms with Gasteiger partial charge in [-0.15, -0.1) is 0 Å². The van der Waals surface area contributed by atoms with Gasteiger partial charge in [0.05, 0.1) is 18.2 Å². The van der Waals surface area contributed by atoms with Gasteiger partial charge in [-0.05, 0) is 43.0 Å². The monoisotopic (exact) mass is 410 g/mol. The van der Waals surface area contributed by atoms with Crippen LogP contribution in [0.2, 0.25) is 0 Å². The molecule has 4 rings (SSSR count). The van der Waals surface area contributed by atoms with E-state index in [-0.39, 0.29) is 24.0 Å². The van der Waals surface area contributed by atoms with Crippen molar-refractivity contribution < 1.29 is 24.9 Å². The number of aryl methyl sites for hydroxylation is 1. The van der Waals surface area contributed by atoms with Crippen LogP contribution < -0.4 is 0 Å². The maximum Gasteiger partial charge on any atom is 0.337 e. The molecule has 3 N–H and O–H groups in total. The van der Waals surface area contributed by atoms with Crippen LogP contribution in [0.4, 0.5) is 0 Å². The highest BCUT2D eigenvalue weighted by Gasteiger charge is 2.28. The van der Waals surface area contributed by atoms with Gasteiger partial charge in [-0.1, -0.05) is 37.1 Å². The molecule has 0 amide bonds. The molecular weight excluding hydrogens is 384 g/mol. The maximum absolute atomic E-state index is 11.5. The van der Waals surface area contributed by atoms with Crippen LogP contribution in [0.3, 0.4) is 0 Å². The average molecular weight is 410 g/mol. The molecule has 0 radical (unpaired) electrons. The van der Waals surface area contributed by atoms with Crippen molar-refractivity contribution in [3.05, 3.63) is 59.3 Å². The smallest absolute Gasteiger partial charge is 0.337 e. The number of hydrogen-bond acceptors (Lipinski definition) is 5. The van der Waals surface area contributed by atoms with Gasteiger partial charge in [0.25, 0.3) is 0 Å². The van der Waals surface area contributed by atoms with E-state index in [2.05, 4.69) is 5.10 Å². The summed E-state index contributed by atoms with van der Waals surface area (Å²) in [5.41, 5.74) is 1.86. The zero-order chi connectivity index (χ0) is 21.3. The van der Waals surface area contributed by atoms with Gasteiger partial charge in [0.1, 0.15) is 23.5 Å². The summed E-state index contributed by atoms with van der Waals surface area (Å²) in [5, 5.41) is 35.7. The summed E-state index contributed by atoms with van der Waals surface area (Å²) in [5.74, 6) is -0.901. The van der Waals surface area contributed by atoms with Crippen LogP contribution >= 0.6 is 0 Å². The lowest BCUT2D eigenvalue weighted by atomic mass is 10.0. The summed E-state index contributed by atoms with van der Waals surface area (Å²) in [6.07, 6.45) is 4.41. The highest BCUT2D eigenvalue weighted by atomic mass is 16.5. The molecule has 1 aromatic heterocycles. The Morgan fingerprint density at radius 2 is 2.03 bits per heavy atom. The molecule has 7 heteroatoms. The molecule has 0 spiro atoms. The lowest BCUT2D eigenvalue weighted by molar-refractivity contribution is -0.0844. The van der Waals surface area contributed by atoms with E-state index in [1.807, 2.05) is 6.07 Å². The van der Waals surface area contributed by atoms with E-state index in [1.54, 1.807) is 42.1 Å². The van der Waals surface area contributed by atoms with Crippen LogP contribution in [-0.2, 0) is 11.3 Å². The number of carboxylic acid groups (broad SMARTS) is 1. The zero-order valence-electron chi connectivity index (χ0n) is 16.9. The predicted molar refractivity (Wildman–Crippen MR) is 112 cm³/mol. The topological polar surface area (TPSA) is 105 Å². The third-order valence-electron chi connectivity index (χ3n) is 5.78. The van der Waals surface area contributed by atoms with E-state index in [0.717, 1.165) is 36.6 Å². The predicted octanol–water partition coefficient (Wildman–Crippen LogP) is 3.81. The molecule has 2 atom stereocenters. The van der Waals surface area contributed by atoms with E-state index in [1.165, 1.54) is 6.07 Å². The third-order valence-corrected chi connectivity index (χ3v) is 5.78. The standard InChI is InChI=1S/C23H26N2O5/c1-14-9-10-15(11-19(14)26)22(27)20(30-17-6-2-3-7-17)13-25-12-16-5-4-8-18(23(28)29)21(16)24-25/h4-5,8-12,17,20,22,26-27H,2-3,6-7,13H2,1H3,(H,28,29)/t20-,22+/m0/s1. The van der Waals surface area contributed by atoms with Gasteiger partial charge < -0.3 is 20.1 Å². The van der Waals surface area contributed by atoms with Crippen LogP contribution in [0.1, 0.15) is 53.3 Å².